The van der Waals surface area contributed by atoms with Crippen LogP contribution < -0.4 is 4.74 Å². The van der Waals surface area contributed by atoms with Crippen LogP contribution in [0.1, 0.15) is 34.3 Å². The van der Waals surface area contributed by atoms with Gasteiger partial charge in [-0.05, 0) is 55.2 Å². The van der Waals surface area contributed by atoms with Crippen LogP contribution in [0.4, 0.5) is 13.2 Å². The molecular formula is C28H29F3N2O4S. The van der Waals surface area contributed by atoms with Crippen molar-refractivity contribution in [2.75, 3.05) is 26.7 Å². The number of alkyl halides is 3. The van der Waals surface area contributed by atoms with Crippen molar-refractivity contribution in [1.29, 1.82) is 0 Å². The average Bonchev–Trinajstić information content (AvgIpc) is 2.90. The summed E-state index contributed by atoms with van der Waals surface area (Å²) >= 11 is 0. The molecule has 0 saturated heterocycles. The van der Waals surface area contributed by atoms with Gasteiger partial charge < -0.3 is 9.64 Å². The van der Waals surface area contributed by atoms with Crippen LogP contribution in [0, 0.1) is 0 Å². The molecule has 4 rings (SSSR count). The molecule has 1 heterocycles. The van der Waals surface area contributed by atoms with E-state index in [9.17, 15) is 26.4 Å². The van der Waals surface area contributed by atoms with Crippen LogP contribution in [0.25, 0.3) is 0 Å². The number of sulfonamides is 1. The minimum Gasteiger partial charge on any atom is -0.491 e. The summed E-state index contributed by atoms with van der Waals surface area (Å²) in [5.41, 5.74) is 0.181. The molecule has 3 aromatic carbocycles. The number of hydrogen-bond donors (Lipinski definition) is 0. The van der Waals surface area contributed by atoms with Gasteiger partial charge in [0, 0.05) is 20.1 Å². The van der Waals surface area contributed by atoms with Gasteiger partial charge in [0.25, 0.3) is 5.91 Å². The van der Waals surface area contributed by atoms with Crippen LogP contribution in [-0.4, -0.2) is 56.3 Å². The molecule has 0 bridgehead atoms. The topological polar surface area (TPSA) is 66.9 Å². The van der Waals surface area contributed by atoms with Crippen molar-refractivity contribution in [3.8, 4) is 5.75 Å². The van der Waals surface area contributed by atoms with Crippen molar-refractivity contribution in [3.05, 3.63) is 95.6 Å². The Bertz CT molecular complexity index is 1360. The predicted octanol–water partition coefficient (Wildman–Crippen LogP) is 5.25. The monoisotopic (exact) mass is 546 g/mol. The zero-order valence-electron chi connectivity index (χ0n) is 20.9. The SMILES string of the molecule is CN1CCCCN(S(=O)(=O)c2cccc(C(F)(F)F)c2)[C@@H](Cc2ccccc2)COc2ccccc2C1=O. The molecule has 1 aliphatic heterocycles. The van der Waals surface area contributed by atoms with E-state index >= 15 is 0 Å². The van der Waals surface area contributed by atoms with Gasteiger partial charge in [-0.25, -0.2) is 8.42 Å². The Kier molecular flexibility index (Phi) is 8.42. The van der Waals surface area contributed by atoms with Gasteiger partial charge in [0.15, 0.2) is 0 Å². The number of halogens is 3. The molecule has 0 spiro atoms. The number of rotatable bonds is 4. The summed E-state index contributed by atoms with van der Waals surface area (Å²) in [4.78, 5) is 14.1. The summed E-state index contributed by atoms with van der Waals surface area (Å²) in [5, 5.41) is 0. The molecule has 6 nitrogen and oxygen atoms in total. The van der Waals surface area contributed by atoms with E-state index in [1.54, 1.807) is 36.2 Å². The van der Waals surface area contributed by atoms with E-state index in [2.05, 4.69) is 0 Å². The van der Waals surface area contributed by atoms with E-state index in [1.165, 1.54) is 10.4 Å². The van der Waals surface area contributed by atoms with Crippen LogP contribution in [0.3, 0.4) is 0 Å². The highest BCUT2D eigenvalue weighted by molar-refractivity contribution is 7.89. The predicted molar refractivity (Wildman–Crippen MR) is 137 cm³/mol. The van der Waals surface area contributed by atoms with Gasteiger partial charge in [-0.15, -0.1) is 0 Å². The maximum Gasteiger partial charge on any atom is 0.416 e. The van der Waals surface area contributed by atoms with Crippen LogP contribution in [0.5, 0.6) is 5.75 Å². The van der Waals surface area contributed by atoms with Gasteiger partial charge in [-0.3, -0.25) is 4.79 Å². The molecule has 0 aliphatic carbocycles. The molecule has 1 aliphatic rings. The van der Waals surface area contributed by atoms with Gasteiger partial charge in [0.2, 0.25) is 10.0 Å². The highest BCUT2D eigenvalue weighted by atomic mass is 32.2. The second-order valence-electron chi connectivity index (χ2n) is 9.23. The maximum absolute atomic E-state index is 13.9. The summed E-state index contributed by atoms with van der Waals surface area (Å²) in [5.74, 6) is 0.119. The largest absolute Gasteiger partial charge is 0.491 e. The van der Waals surface area contributed by atoms with Crippen molar-refractivity contribution < 1.29 is 31.1 Å². The van der Waals surface area contributed by atoms with Crippen molar-refractivity contribution >= 4 is 15.9 Å². The number of nitrogens with zero attached hydrogens (tertiary/aromatic N) is 2. The summed E-state index contributed by atoms with van der Waals surface area (Å²) < 4.78 is 75.3. The number of benzene rings is 3. The molecule has 38 heavy (non-hydrogen) atoms. The third-order valence-electron chi connectivity index (χ3n) is 6.51. The maximum atomic E-state index is 13.9. The third-order valence-corrected chi connectivity index (χ3v) is 8.45. The minimum atomic E-state index is -4.68. The van der Waals surface area contributed by atoms with Gasteiger partial charge in [-0.1, -0.05) is 48.5 Å². The zero-order chi connectivity index (χ0) is 27.3. The van der Waals surface area contributed by atoms with Crippen LogP contribution in [0.15, 0.2) is 83.8 Å². The molecule has 0 unspecified atom stereocenters. The molecule has 0 N–H and O–H groups in total. The molecular weight excluding hydrogens is 517 g/mol. The van der Waals surface area contributed by atoms with Crippen LogP contribution in [-0.2, 0) is 22.6 Å². The minimum absolute atomic E-state index is 0.0586. The Labute approximate surface area is 220 Å². The van der Waals surface area contributed by atoms with Crippen LogP contribution >= 0.6 is 0 Å². The lowest BCUT2D eigenvalue weighted by molar-refractivity contribution is -0.137. The molecule has 202 valence electrons. The van der Waals surface area contributed by atoms with Gasteiger partial charge in [0.05, 0.1) is 22.1 Å². The molecule has 0 radical (unpaired) electrons. The lowest BCUT2D eigenvalue weighted by Gasteiger charge is -2.32. The van der Waals surface area contributed by atoms with Crippen LogP contribution in [0.2, 0.25) is 0 Å². The number of ether oxygens (including phenoxy) is 1. The standard InChI is InChI=1S/C28H29F3N2O4S/c1-32-16-7-8-17-33(38(35,36)24-13-9-12-22(19-24)28(29,30)31)23(18-21-10-3-2-4-11-21)20-37-26-15-6-5-14-25(26)27(32)34/h2-6,9-15,19,23H,7-8,16-18,20H2,1H3/t23-/m0/s1. The first-order chi connectivity index (χ1) is 18.1. The third kappa shape index (κ3) is 6.36. The van der Waals surface area contributed by atoms with Gasteiger partial charge in [-0.2, -0.15) is 17.5 Å². The van der Waals surface area contributed by atoms with Crippen molar-refractivity contribution in [1.82, 2.24) is 9.21 Å². The molecule has 0 saturated carbocycles. The highest BCUT2D eigenvalue weighted by Crippen LogP contribution is 2.32. The Morgan fingerprint density at radius 2 is 1.61 bits per heavy atom. The summed E-state index contributed by atoms with van der Waals surface area (Å²) in [6.45, 7) is 0.345. The lowest BCUT2D eigenvalue weighted by Crippen LogP contribution is -2.46. The van der Waals surface area contributed by atoms with Gasteiger partial charge in [0.1, 0.15) is 12.4 Å². The smallest absolute Gasteiger partial charge is 0.416 e. The Morgan fingerprint density at radius 1 is 0.921 bits per heavy atom. The summed E-state index contributed by atoms with van der Waals surface area (Å²) in [7, 11) is -2.66. The van der Waals surface area contributed by atoms with E-state index in [0.717, 1.165) is 17.7 Å². The first-order valence-corrected chi connectivity index (χ1v) is 13.7. The second kappa shape index (κ2) is 11.6. The number of para-hydroxylation sites is 1. The van der Waals surface area contributed by atoms with Crippen molar-refractivity contribution in [2.45, 2.75) is 36.4 Å². The van der Waals surface area contributed by atoms with Crippen molar-refractivity contribution in [3.63, 3.8) is 0 Å². The summed E-state index contributed by atoms with van der Waals surface area (Å²) in [6.07, 6.45) is -3.49. The second-order valence-corrected chi connectivity index (χ2v) is 11.1. The van der Waals surface area contributed by atoms with E-state index in [1.807, 2.05) is 30.3 Å². The average molecular weight is 547 g/mol. The molecule has 3 aromatic rings. The van der Waals surface area contributed by atoms with E-state index < -0.39 is 32.7 Å². The summed E-state index contributed by atoms with van der Waals surface area (Å²) in [6, 6.07) is 19.1. The normalized spacial score (nSPS) is 18.2. The Morgan fingerprint density at radius 3 is 2.34 bits per heavy atom. The fourth-order valence-electron chi connectivity index (χ4n) is 4.48. The Hall–Kier alpha value is -3.37. The number of amides is 1. The molecule has 1 amide bonds. The number of fused-ring (bicyclic) bond motifs is 1. The highest BCUT2D eigenvalue weighted by Gasteiger charge is 2.36. The van der Waals surface area contributed by atoms with Gasteiger partial charge >= 0.3 is 6.18 Å². The lowest BCUT2D eigenvalue weighted by atomic mass is 10.1. The number of hydrogen-bond acceptors (Lipinski definition) is 4. The zero-order valence-corrected chi connectivity index (χ0v) is 21.7. The molecule has 0 aromatic heterocycles. The van der Waals surface area contributed by atoms with Crippen molar-refractivity contribution in [2.24, 2.45) is 0 Å². The molecule has 1 atom stereocenters. The fraction of sp³-hybridized carbons (Fsp3) is 0.321. The molecule has 10 heteroatoms. The van der Waals surface area contributed by atoms with E-state index in [-0.39, 0.29) is 25.5 Å². The number of carbonyl (C=O) groups is 1. The Balaban J connectivity index is 1.77. The number of carbonyl (C=O) groups excluding carboxylic acids is 1. The first kappa shape index (κ1) is 27.7. The molecule has 0 fully saturated rings. The van der Waals surface area contributed by atoms with E-state index in [4.69, 9.17) is 4.74 Å². The fourth-order valence-corrected chi connectivity index (χ4v) is 6.17. The quantitative estimate of drug-likeness (QED) is 0.448. The van der Waals surface area contributed by atoms with E-state index in [0.29, 0.717) is 36.8 Å². The first-order valence-electron chi connectivity index (χ1n) is 12.3.